The van der Waals surface area contributed by atoms with Crippen molar-refractivity contribution in [3.05, 3.63) is 105 Å². The van der Waals surface area contributed by atoms with E-state index < -0.39 is 16.9 Å². The van der Waals surface area contributed by atoms with Crippen molar-refractivity contribution in [2.75, 3.05) is 20.8 Å². The van der Waals surface area contributed by atoms with Crippen molar-refractivity contribution in [1.29, 1.82) is 0 Å². The molecular formula is C29H24BrN3O8S. The van der Waals surface area contributed by atoms with Crippen LogP contribution in [0, 0.1) is 10.1 Å². The fourth-order valence-corrected chi connectivity index (χ4v) is 6.19. The van der Waals surface area contributed by atoms with Gasteiger partial charge in [0.15, 0.2) is 16.3 Å². The summed E-state index contributed by atoms with van der Waals surface area (Å²) in [4.78, 5) is 42.6. The highest BCUT2D eigenvalue weighted by molar-refractivity contribution is 9.10. The monoisotopic (exact) mass is 653 g/mol. The molecular weight excluding hydrogens is 630 g/mol. The first kappa shape index (κ1) is 29.0. The third-order valence-electron chi connectivity index (χ3n) is 6.58. The van der Waals surface area contributed by atoms with Crippen LogP contribution in [0.3, 0.4) is 0 Å². The first-order valence-corrected chi connectivity index (χ1v) is 14.2. The Morgan fingerprint density at radius 2 is 1.86 bits per heavy atom. The number of hydrogen-bond acceptors (Lipinski definition) is 10. The molecule has 2 aromatic carbocycles. The summed E-state index contributed by atoms with van der Waals surface area (Å²) in [5.41, 5.74) is 1.47. The van der Waals surface area contributed by atoms with E-state index in [0.29, 0.717) is 53.6 Å². The zero-order valence-electron chi connectivity index (χ0n) is 22.9. The Balaban J connectivity index is 1.65. The zero-order valence-corrected chi connectivity index (χ0v) is 25.3. The van der Waals surface area contributed by atoms with Gasteiger partial charge in [-0.15, -0.1) is 0 Å². The SMILES string of the molecule is CCOC(=O)C1=C(C)N=c2s/c(=C/c3ccc(-c4ccc([N+](=O)[O-])cc4)o3)c(=O)n2[C@@H]1c1cc(OC)c(OC)cc1Br. The van der Waals surface area contributed by atoms with E-state index in [9.17, 15) is 19.7 Å². The van der Waals surface area contributed by atoms with Gasteiger partial charge in [0.2, 0.25) is 0 Å². The fourth-order valence-electron chi connectivity index (χ4n) is 4.63. The molecule has 216 valence electrons. The lowest BCUT2D eigenvalue weighted by molar-refractivity contribution is -0.384. The second-order valence-electron chi connectivity index (χ2n) is 9.04. The number of thiazole rings is 1. The maximum atomic E-state index is 13.9. The normalized spacial score (nSPS) is 14.8. The summed E-state index contributed by atoms with van der Waals surface area (Å²) in [7, 11) is 3.02. The molecule has 1 atom stereocenters. The molecule has 5 rings (SSSR count). The van der Waals surface area contributed by atoms with Crippen molar-refractivity contribution in [1.82, 2.24) is 4.57 Å². The van der Waals surface area contributed by atoms with Gasteiger partial charge in [0.1, 0.15) is 11.5 Å². The summed E-state index contributed by atoms with van der Waals surface area (Å²) >= 11 is 4.74. The number of esters is 1. The minimum Gasteiger partial charge on any atom is -0.493 e. The van der Waals surface area contributed by atoms with Gasteiger partial charge >= 0.3 is 5.97 Å². The average molecular weight is 654 g/mol. The van der Waals surface area contributed by atoms with Crippen LogP contribution < -0.4 is 24.4 Å². The second-order valence-corrected chi connectivity index (χ2v) is 10.9. The number of carbonyl (C=O) groups excluding carboxylic acids is 1. The van der Waals surface area contributed by atoms with Crippen LogP contribution in [0.2, 0.25) is 0 Å². The number of nitro groups is 1. The number of hydrogen-bond donors (Lipinski definition) is 0. The smallest absolute Gasteiger partial charge is 0.338 e. The molecule has 4 aromatic rings. The molecule has 0 saturated heterocycles. The molecule has 0 spiro atoms. The molecule has 0 saturated carbocycles. The molecule has 0 amide bonds. The number of carbonyl (C=O) groups is 1. The third-order valence-corrected chi connectivity index (χ3v) is 8.25. The number of ether oxygens (including phenoxy) is 3. The van der Waals surface area contributed by atoms with Gasteiger partial charge in [-0.1, -0.05) is 27.3 Å². The quantitative estimate of drug-likeness (QED) is 0.151. The van der Waals surface area contributed by atoms with E-state index in [-0.39, 0.29) is 23.4 Å². The predicted octanol–water partition coefficient (Wildman–Crippen LogP) is 4.75. The van der Waals surface area contributed by atoms with Crippen LogP contribution in [0.4, 0.5) is 5.69 Å². The summed E-state index contributed by atoms with van der Waals surface area (Å²) in [5, 5.41) is 11.0. The highest BCUT2D eigenvalue weighted by atomic mass is 79.9. The van der Waals surface area contributed by atoms with Crippen molar-refractivity contribution in [3.63, 3.8) is 0 Å². The molecule has 1 aliphatic rings. The van der Waals surface area contributed by atoms with E-state index in [1.165, 1.54) is 30.9 Å². The number of halogens is 1. The lowest BCUT2D eigenvalue weighted by Gasteiger charge is -2.26. The summed E-state index contributed by atoms with van der Waals surface area (Å²) in [6, 6.07) is 11.9. The Morgan fingerprint density at radius 1 is 1.17 bits per heavy atom. The number of aromatic nitrogens is 1. The minimum absolute atomic E-state index is 0.0280. The van der Waals surface area contributed by atoms with Gasteiger partial charge < -0.3 is 18.6 Å². The second kappa shape index (κ2) is 11.8. The van der Waals surface area contributed by atoms with Crippen LogP contribution in [0.25, 0.3) is 17.4 Å². The van der Waals surface area contributed by atoms with Crippen molar-refractivity contribution in [2.24, 2.45) is 4.99 Å². The number of rotatable bonds is 8. The molecule has 0 unspecified atom stereocenters. The number of methoxy groups -OCH3 is 2. The van der Waals surface area contributed by atoms with E-state index in [1.54, 1.807) is 56.3 Å². The average Bonchev–Trinajstić information content (AvgIpc) is 3.56. The number of benzene rings is 2. The molecule has 0 fully saturated rings. The minimum atomic E-state index is -0.871. The van der Waals surface area contributed by atoms with Gasteiger partial charge in [-0.25, -0.2) is 9.79 Å². The lowest BCUT2D eigenvalue weighted by atomic mass is 9.95. The molecule has 11 nitrogen and oxygen atoms in total. The molecule has 0 N–H and O–H groups in total. The van der Waals surface area contributed by atoms with Gasteiger partial charge in [-0.3, -0.25) is 19.5 Å². The van der Waals surface area contributed by atoms with Gasteiger partial charge in [-0.2, -0.15) is 0 Å². The first-order chi connectivity index (χ1) is 20.2. The number of furan rings is 1. The van der Waals surface area contributed by atoms with Crippen molar-refractivity contribution < 1.29 is 28.3 Å². The van der Waals surface area contributed by atoms with Crippen LogP contribution in [0.1, 0.15) is 31.2 Å². The van der Waals surface area contributed by atoms with E-state index in [2.05, 4.69) is 20.9 Å². The molecule has 13 heteroatoms. The van der Waals surface area contributed by atoms with Crippen LogP contribution in [0.5, 0.6) is 11.5 Å². The largest absolute Gasteiger partial charge is 0.493 e. The molecule has 0 radical (unpaired) electrons. The maximum Gasteiger partial charge on any atom is 0.338 e. The van der Waals surface area contributed by atoms with Gasteiger partial charge in [-0.05, 0) is 55.8 Å². The number of allylic oxidation sites excluding steroid dienone is 1. The molecule has 3 heterocycles. The fraction of sp³-hybridized carbons (Fsp3) is 0.207. The van der Waals surface area contributed by atoms with Gasteiger partial charge in [0.25, 0.3) is 11.2 Å². The van der Waals surface area contributed by atoms with E-state index in [1.807, 2.05) is 0 Å². The molecule has 42 heavy (non-hydrogen) atoms. The van der Waals surface area contributed by atoms with Crippen molar-refractivity contribution in [2.45, 2.75) is 19.9 Å². The van der Waals surface area contributed by atoms with Crippen LogP contribution in [-0.4, -0.2) is 36.3 Å². The van der Waals surface area contributed by atoms with E-state index >= 15 is 0 Å². The summed E-state index contributed by atoms with van der Waals surface area (Å²) in [5.74, 6) is 1.19. The predicted molar refractivity (Wildman–Crippen MR) is 158 cm³/mol. The summed E-state index contributed by atoms with van der Waals surface area (Å²) in [6.07, 6.45) is 1.60. The summed E-state index contributed by atoms with van der Waals surface area (Å²) < 4.78 is 24.6. The summed E-state index contributed by atoms with van der Waals surface area (Å²) in [6.45, 7) is 3.56. The van der Waals surface area contributed by atoms with Gasteiger partial charge in [0, 0.05) is 28.2 Å². The number of fused-ring (bicyclic) bond motifs is 1. The van der Waals surface area contributed by atoms with Crippen LogP contribution >= 0.6 is 27.3 Å². The molecule has 2 aromatic heterocycles. The number of nitrogens with zero attached hydrogens (tertiary/aromatic N) is 3. The first-order valence-electron chi connectivity index (χ1n) is 12.6. The van der Waals surface area contributed by atoms with Crippen LogP contribution in [-0.2, 0) is 9.53 Å². The Labute approximate surface area is 251 Å². The maximum absolute atomic E-state index is 13.9. The zero-order chi connectivity index (χ0) is 30.1. The highest BCUT2D eigenvalue weighted by Gasteiger charge is 2.35. The molecule has 1 aliphatic heterocycles. The molecule has 0 aliphatic carbocycles. The van der Waals surface area contributed by atoms with E-state index in [4.69, 9.17) is 18.6 Å². The standard InChI is InChI=1S/C29H24BrN3O8S/c1-5-40-28(35)25-15(2)31-29-32(26(25)19-13-22(38-3)23(39-4)14-20(19)30)27(34)24(42-29)12-18-10-11-21(41-18)16-6-8-17(9-7-16)33(36)37/h6-14,26H,5H2,1-4H3/b24-12+/t26-/m1/s1. The Hall–Kier alpha value is -4.49. The Bertz CT molecular complexity index is 1920. The Morgan fingerprint density at radius 3 is 2.50 bits per heavy atom. The van der Waals surface area contributed by atoms with Crippen molar-refractivity contribution in [3.8, 4) is 22.8 Å². The lowest BCUT2D eigenvalue weighted by Crippen LogP contribution is -2.40. The van der Waals surface area contributed by atoms with E-state index in [0.717, 1.165) is 11.3 Å². The Kier molecular flexibility index (Phi) is 8.14. The number of nitro benzene ring substituents is 1. The van der Waals surface area contributed by atoms with Crippen LogP contribution in [0.15, 0.2) is 78.5 Å². The topological polar surface area (TPSA) is 135 Å². The third kappa shape index (κ3) is 5.28. The molecule has 0 bridgehead atoms. The van der Waals surface area contributed by atoms with Crippen molar-refractivity contribution >= 4 is 45.0 Å². The highest BCUT2D eigenvalue weighted by Crippen LogP contribution is 2.40. The van der Waals surface area contributed by atoms with Gasteiger partial charge in [0.05, 0.1) is 47.6 Å². The number of non-ortho nitro benzene ring substituents is 1.